The predicted octanol–water partition coefficient (Wildman–Crippen LogP) is 4.92. The summed E-state index contributed by atoms with van der Waals surface area (Å²) < 4.78 is 0. The first kappa shape index (κ1) is 12.9. The summed E-state index contributed by atoms with van der Waals surface area (Å²) in [5.74, 6) is 3.33. The monoisotopic (exact) mass is 233 g/mol. The Hall–Kier alpha value is -0.510. The molecule has 2 rings (SSSR count). The number of hydrogen-bond donors (Lipinski definition) is 0. The molecule has 0 aromatic carbocycles. The highest BCUT2D eigenvalue weighted by Crippen LogP contribution is 2.36. The zero-order valence-electron chi connectivity index (χ0n) is 11.3. The van der Waals surface area contributed by atoms with Gasteiger partial charge in [-0.3, -0.25) is 0 Å². The molecule has 0 unspecified atom stereocenters. The van der Waals surface area contributed by atoms with Gasteiger partial charge >= 0.3 is 0 Å². The van der Waals surface area contributed by atoms with Crippen LogP contribution in [0, 0.1) is 35.0 Å². The lowest BCUT2D eigenvalue weighted by Crippen LogP contribution is -2.16. The largest absolute Gasteiger partial charge is 0.198 e. The molecule has 2 saturated carbocycles. The normalized spacial score (nSPS) is 38.6. The molecule has 0 amide bonds. The molecule has 0 N–H and O–H groups in total. The fourth-order valence-corrected chi connectivity index (χ4v) is 3.67. The molecule has 0 spiro atoms. The molecule has 17 heavy (non-hydrogen) atoms. The van der Waals surface area contributed by atoms with Crippen molar-refractivity contribution in [1.29, 1.82) is 5.26 Å². The van der Waals surface area contributed by atoms with E-state index in [1.54, 1.807) is 0 Å². The standard InChI is InChI=1S/C16H27N/c1-13-2-4-14(5-3-13)6-7-15-8-10-16(12-17)11-9-15/h13-16H,2-11H2,1H3. The lowest BCUT2D eigenvalue weighted by atomic mass is 9.76. The van der Waals surface area contributed by atoms with Crippen LogP contribution in [0.1, 0.15) is 71.1 Å². The van der Waals surface area contributed by atoms with Crippen LogP contribution >= 0.6 is 0 Å². The summed E-state index contributed by atoms with van der Waals surface area (Å²) in [6.45, 7) is 2.40. The van der Waals surface area contributed by atoms with Crippen LogP contribution in [0.2, 0.25) is 0 Å². The minimum absolute atomic E-state index is 0.377. The molecule has 0 atom stereocenters. The Morgan fingerprint density at radius 2 is 1.29 bits per heavy atom. The van der Waals surface area contributed by atoms with Crippen molar-refractivity contribution in [2.24, 2.45) is 23.7 Å². The van der Waals surface area contributed by atoms with Crippen LogP contribution < -0.4 is 0 Å². The predicted molar refractivity (Wildman–Crippen MR) is 71.4 cm³/mol. The third-order valence-electron chi connectivity index (χ3n) is 5.15. The first-order valence-electron chi connectivity index (χ1n) is 7.67. The van der Waals surface area contributed by atoms with Crippen molar-refractivity contribution >= 4 is 0 Å². The number of nitriles is 1. The van der Waals surface area contributed by atoms with Gasteiger partial charge in [-0.1, -0.05) is 45.4 Å². The highest BCUT2D eigenvalue weighted by molar-refractivity contribution is 4.87. The number of nitrogens with zero attached hydrogens (tertiary/aromatic N) is 1. The van der Waals surface area contributed by atoms with Crippen LogP contribution in [0.15, 0.2) is 0 Å². The van der Waals surface area contributed by atoms with E-state index in [1.807, 2.05) is 0 Å². The Morgan fingerprint density at radius 3 is 1.76 bits per heavy atom. The van der Waals surface area contributed by atoms with Gasteiger partial charge in [0.2, 0.25) is 0 Å². The van der Waals surface area contributed by atoms with Crippen LogP contribution in [0.25, 0.3) is 0 Å². The number of rotatable bonds is 3. The minimum Gasteiger partial charge on any atom is -0.198 e. The van der Waals surface area contributed by atoms with Crippen molar-refractivity contribution in [3.8, 4) is 6.07 Å². The number of hydrogen-bond acceptors (Lipinski definition) is 1. The van der Waals surface area contributed by atoms with E-state index >= 15 is 0 Å². The van der Waals surface area contributed by atoms with E-state index in [0.717, 1.165) is 17.8 Å². The average Bonchev–Trinajstić information content (AvgIpc) is 2.39. The third-order valence-corrected chi connectivity index (χ3v) is 5.15. The van der Waals surface area contributed by atoms with Crippen LogP contribution in [0.5, 0.6) is 0 Å². The third kappa shape index (κ3) is 4.02. The zero-order valence-corrected chi connectivity index (χ0v) is 11.3. The van der Waals surface area contributed by atoms with Gasteiger partial charge in [-0.05, 0) is 43.4 Å². The average molecular weight is 233 g/mol. The van der Waals surface area contributed by atoms with Gasteiger partial charge in [-0.25, -0.2) is 0 Å². The van der Waals surface area contributed by atoms with E-state index in [0.29, 0.717) is 5.92 Å². The first-order chi connectivity index (χ1) is 8.28. The van der Waals surface area contributed by atoms with Gasteiger partial charge in [0.15, 0.2) is 0 Å². The van der Waals surface area contributed by atoms with E-state index < -0.39 is 0 Å². The second-order valence-corrected chi connectivity index (χ2v) is 6.55. The maximum Gasteiger partial charge on any atom is 0.0655 e. The molecule has 0 aliphatic heterocycles. The zero-order chi connectivity index (χ0) is 12.1. The lowest BCUT2D eigenvalue weighted by Gasteiger charge is -2.29. The van der Waals surface area contributed by atoms with Crippen molar-refractivity contribution in [2.45, 2.75) is 71.1 Å². The Balaban J connectivity index is 1.61. The molecule has 0 heterocycles. The Kier molecular flexibility index (Phi) is 4.89. The Bertz CT molecular complexity index is 249. The molecule has 0 saturated heterocycles. The summed E-state index contributed by atoms with van der Waals surface area (Å²) in [7, 11) is 0. The van der Waals surface area contributed by atoms with Gasteiger partial charge in [0, 0.05) is 5.92 Å². The fraction of sp³-hybridized carbons (Fsp3) is 0.938. The van der Waals surface area contributed by atoms with Crippen LogP contribution in [0.4, 0.5) is 0 Å². The van der Waals surface area contributed by atoms with Crippen LogP contribution in [-0.4, -0.2) is 0 Å². The molecule has 1 nitrogen and oxygen atoms in total. The van der Waals surface area contributed by atoms with Crippen molar-refractivity contribution < 1.29 is 0 Å². The van der Waals surface area contributed by atoms with Crippen LogP contribution in [-0.2, 0) is 0 Å². The van der Waals surface area contributed by atoms with Gasteiger partial charge in [-0.15, -0.1) is 0 Å². The molecule has 2 fully saturated rings. The second kappa shape index (κ2) is 6.43. The van der Waals surface area contributed by atoms with E-state index in [9.17, 15) is 0 Å². The molecular weight excluding hydrogens is 206 g/mol. The van der Waals surface area contributed by atoms with E-state index in [4.69, 9.17) is 5.26 Å². The van der Waals surface area contributed by atoms with E-state index in [1.165, 1.54) is 64.2 Å². The summed E-state index contributed by atoms with van der Waals surface area (Å²) in [5, 5.41) is 8.89. The summed E-state index contributed by atoms with van der Waals surface area (Å²) in [4.78, 5) is 0. The van der Waals surface area contributed by atoms with Gasteiger partial charge in [0.1, 0.15) is 0 Å². The molecule has 2 aliphatic carbocycles. The maximum absolute atomic E-state index is 8.89. The van der Waals surface area contributed by atoms with Gasteiger partial charge < -0.3 is 0 Å². The molecule has 2 aliphatic rings. The van der Waals surface area contributed by atoms with E-state index in [-0.39, 0.29) is 0 Å². The van der Waals surface area contributed by atoms with Crippen molar-refractivity contribution in [3.63, 3.8) is 0 Å². The molecule has 1 heteroatoms. The molecule has 0 aromatic heterocycles. The van der Waals surface area contributed by atoms with Crippen molar-refractivity contribution in [2.75, 3.05) is 0 Å². The Morgan fingerprint density at radius 1 is 0.824 bits per heavy atom. The quantitative estimate of drug-likeness (QED) is 0.678. The maximum atomic E-state index is 8.89. The summed E-state index contributed by atoms with van der Waals surface area (Å²) >= 11 is 0. The lowest BCUT2D eigenvalue weighted by molar-refractivity contribution is 0.235. The fourth-order valence-electron chi connectivity index (χ4n) is 3.67. The van der Waals surface area contributed by atoms with E-state index in [2.05, 4.69) is 13.0 Å². The topological polar surface area (TPSA) is 23.8 Å². The molecule has 0 radical (unpaired) electrons. The molecule has 96 valence electrons. The highest BCUT2D eigenvalue weighted by Gasteiger charge is 2.23. The van der Waals surface area contributed by atoms with Crippen LogP contribution in [0.3, 0.4) is 0 Å². The van der Waals surface area contributed by atoms with Gasteiger partial charge in [0.05, 0.1) is 6.07 Å². The minimum atomic E-state index is 0.377. The first-order valence-corrected chi connectivity index (χ1v) is 7.67. The Labute approximate surface area is 107 Å². The summed E-state index contributed by atoms with van der Waals surface area (Å²) in [6, 6.07) is 2.43. The second-order valence-electron chi connectivity index (χ2n) is 6.55. The van der Waals surface area contributed by atoms with Gasteiger partial charge in [0.25, 0.3) is 0 Å². The molecular formula is C16H27N. The smallest absolute Gasteiger partial charge is 0.0655 e. The summed E-state index contributed by atoms with van der Waals surface area (Å²) in [6.07, 6.45) is 13.8. The SMILES string of the molecule is CC1CCC(CCC2CCC(C#N)CC2)CC1. The molecule has 0 aromatic rings. The highest BCUT2D eigenvalue weighted by atomic mass is 14.3. The summed E-state index contributed by atoms with van der Waals surface area (Å²) in [5.41, 5.74) is 0. The molecule has 0 bridgehead atoms. The van der Waals surface area contributed by atoms with Gasteiger partial charge in [-0.2, -0.15) is 5.26 Å². The van der Waals surface area contributed by atoms with Crippen molar-refractivity contribution in [3.05, 3.63) is 0 Å². The van der Waals surface area contributed by atoms with Crippen molar-refractivity contribution in [1.82, 2.24) is 0 Å².